The van der Waals surface area contributed by atoms with Gasteiger partial charge in [0, 0.05) is 29.9 Å². The first-order valence-corrected chi connectivity index (χ1v) is 11.4. The number of hydrogen-bond donors (Lipinski definition) is 1. The van der Waals surface area contributed by atoms with Crippen LogP contribution in [-0.4, -0.2) is 32.2 Å². The average molecular weight is 526 g/mol. The number of carbonyl (C=O) groups is 1. The zero-order valence-corrected chi connectivity index (χ0v) is 20.3. The van der Waals surface area contributed by atoms with Gasteiger partial charge in [0.2, 0.25) is 11.5 Å². The SMILES string of the molecule is COC(=O)CCn1c(=O)[nH]/c(=N\c2ccc(Oc3ccccn3)c(F)c2)n(Cc2ccc(Cl)cc2)c1=O. The number of H-pyrrole nitrogens is 1. The van der Waals surface area contributed by atoms with Crippen LogP contribution in [0.2, 0.25) is 5.02 Å². The van der Waals surface area contributed by atoms with Gasteiger partial charge in [-0.05, 0) is 35.9 Å². The molecule has 0 spiro atoms. The minimum Gasteiger partial charge on any atom is -0.469 e. The fourth-order valence-corrected chi connectivity index (χ4v) is 3.47. The molecule has 2 heterocycles. The summed E-state index contributed by atoms with van der Waals surface area (Å²) in [6, 6.07) is 15.7. The molecule has 190 valence electrons. The van der Waals surface area contributed by atoms with Crippen LogP contribution >= 0.6 is 11.6 Å². The Bertz CT molecular complexity index is 1600. The maximum Gasteiger partial charge on any atom is 0.335 e. The van der Waals surface area contributed by atoms with Gasteiger partial charge in [-0.2, -0.15) is 0 Å². The van der Waals surface area contributed by atoms with Gasteiger partial charge in [-0.25, -0.2) is 28.5 Å². The Hall–Kier alpha value is -4.51. The molecule has 0 atom stereocenters. The maximum absolute atomic E-state index is 14.7. The molecule has 0 unspecified atom stereocenters. The van der Waals surface area contributed by atoms with Crippen molar-refractivity contribution in [2.24, 2.45) is 4.99 Å². The predicted molar refractivity (Wildman–Crippen MR) is 132 cm³/mol. The van der Waals surface area contributed by atoms with Crippen molar-refractivity contribution in [1.29, 1.82) is 0 Å². The van der Waals surface area contributed by atoms with Crippen LogP contribution in [-0.2, 0) is 22.6 Å². The first-order valence-electron chi connectivity index (χ1n) is 11.0. The number of hydrogen-bond acceptors (Lipinski definition) is 7. The van der Waals surface area contributed by atoms with Crippen LogP contribution in [0.5, 0.6) is 11.6 Å². The Kier molecular flexibility index (Phi) is 7.94. The third-order valence-electron chi connectivity index (χ3n) is 5.21. The van der Waals surface area contributed by atoms with Gasteiger partial charge in [0.05, 0.1) is 25.8 Å². The molecule has 0 saturated heterocycles. The average Bonchev–Trinajstić information content (AvgIpc) is 2.89. The molecule has 0 amide bonds. The molecular formula is C25H21ClFN5O5. The van der Waals surface area contributed by atoms with E-state index in [1.165, 1.54) is 30.0 Å². The van der Waals surface area contributed by atoms with E-state index in [2.05, 4.69) is 19.7 Å². The van der Waals surface area contributed by atoms with Crippen LogP contribution in [0.3, 0.4) is 0 Å². The van der Waals surface area contributed by atoms with E-state index in [0.717, 1.165) is 10.6 Å². The molecule has 0 saturated carbocycles. The number of nitrogens with zero attached hydrogens (tertiary/aromatic N) is 4. The van der Waals surface area contributed by atoms with Crippen LogP contribution in [0.25, 0.3) is 0 Å². The maximum atomic E-state index is 14.7. The van der Waals surface area contributed by atoms with E-state index in [0.29, 0.717) is 10.6 Å². The summed E-state index contributed by atoms with van der Waals surface area (Å²) < 4.78 is 26.9. The summed E-state index contributed by atoms with van der Waals surface area (Å²) in [6.45, 7) is -0.177. The number of pyridine rings is 1. The molecule has 0 fully saturated rings. The highest BCUT2D eigenvalue weighted by molar-refractivity contribution is 6.30. The number of aromatic amines is 1. The molecule has 2 aromatic heterocycles. The fourth-order valence-electron chi connectivity index (χ4n) is 3.34. The standard InChI is InChI=1S/C25H21ClFN5O5/c1-36-22(33)11-13-31-24(34)30-23(32(25(31)35)15-16-5-7-17(26)8-6-16)29-18-9-10-20(19(27)14-18)37-21-4-2-3-12-28-21/h2-10,12,14H,11,13,15H2,1H3,(H,29,30,34). The van der Waals surface area contributed by atoms with Gasteiger partial charge in [0.25, 0.3) is 0 Å². The molecular weight excluding hydrogens is 505 g/mol. The summed E-state index contributed by atoms with van der Waals surface area (Å²) >= 11 is 5.96. The summed E-state index contributed by atoms with van der Waals surface area (Å²) in [5.74, 6) is -1.15. The summed E-state index contributed by atoms with van der Waals surface area (Å²) in [4.78, 5) is 48.4. The van der Waals surface area contributed by atoms with Crippen LogP contribution in [0.15, 0.2) is 81.4 Å². The van der Waals surface area contributed by atoms with Gasteiger partial charge in [-0.15, -0.1) is 0 Å². The second-order valence-corrected chi connectivity index (χ2v) is 8.16. The molecule has 0 aliphatic rings. The van der Waals surface area contributed by atoms with E-state index in [1.54, 1.807) is 42.5 Å². The number of benzene rings is 2. The van der Waals surface area contributed by atoms with Crippen molar-refractivity contribution in [3.05, 3.63) is 110 Å². The smallest absolute Gasteiger partial charge is 0.335 e. The highest BCUT2D eigenvalue weighted by atomic mass is 35.5. The van der Waals surface area contributed by atoms with E-state index in [4.69, 9.17) is 16.3 Å². The number of ether oxygens (including phenoxy) is 2. The summed E-state index contributed by atoms with van der Waals surface area (Å²) in [6.07, 6.45) is 1.33. The second-order valence-electron chi connectivity index (χ2n) is 7.72. The molecule has 4 rings (SSSR count). The number of esters is 1. The molecule has 4 aromatic rings. The van der Waals surface area contributed by atoms with E-state index >= 15 is 0 Å². The molecule has 10 nitrogen and oxygen atoms in total. The lowest BCUT2D eigenvalue weighted by molar-refractivity contribution is -0.140. The van der Waals surface area contributed by atoms with Crippen LogP contribution in [0.1, 0.15) is 12.0 Å². The summed E-state index contributed by atoms with van der Waals surface area (Å²) in [5, 5.41) is 0.513. The van der Waals surface area contributed by atoms with E-state index in [1.807, 2.05) is 0 Å². The first-order chi connectivity index (χ1) is 17.8. The topological polar surface area (TPSA) is 121 Å². The number of methoxy groups -OCH3 is 1. The monoisotopic (exact) mass is 525 g/mol. The quantitative estimate of drug-likeness (QED) is 0.353. The van der Waals surface area contributed by atoms with Gasteiger partial charge in [-0.3, -0.25) is 14.3 Å². The van der Waals surface area contributed by atoms with Gasteiger partial charge in [-0.1, -0.05) is 29.8 Å². The van der Waals surface area contributed by atoms with Gasteiger partial charge in [0.15, 0.2) is 11.6 Å². The zero-order valence-electron chi connectivity index (χ0n) is 19.6. The largest absolute Gasteiger partial charge is 0.469 e. The Morgan fingerprint density at radius 2 is 1.89 bits per heavy atom. The van der Waals surface area contributed by atoms with Gasteiger partial charge >= 0.3 is 17.3 Å². The highest BCUT2D eigenvalue weighted by Gasteiger charge is 2.13. The lowest BCUT2D eigenvalue weighted by atomic mass is 10.2. The lowest BCUT2D eigenvalue weighted by Crippen LogP contribution is -2.50. The van der Waals surface area contributed by atoms with Crippen molar-refractivity contribution in [3.8, 4) is 11.6 Å². The van der Waals surface area contributed by atoms with Crippen molar-refractivity contribution in [1.82, 2.24) is 19.1 Å². The predicted octanol–water partition coefficient (Wildman–Crippen LogP) is 3.16. The third kappa shape index (κ3) is 6.39. The van der Waals surface area contributed by atoms with E-state index in [-0.39, 0.29) is 42.4 Å². The summed E-state index contributed by atoms with van der Waals surface area (Å²) in [7, 11) is 1.21. The van der Waals surface area contributed by atoms with E-state index < -0.39 is 23.2 Å². The normalized spacial score (nSPS) is 11.4. The fraction of sp³-hybridized carbons (Fsp3) is 0.160. The Morgan fingerprint density at radius 1 is 1.11 bits per heavy atom. The lowest BCUT2D eigenvalue weighted by Gasteiger charge is -2.11. The van der Waals surface area contributed by atoms with Crippen LogP contribution in [0.4, 0.5) is 10.1 Å². The number of nitrogens with one attached hydrogen (secondary N) is 1. The van der Waals surface area contributed by atoms with Crippen molar-refractivity contribution in [2.45, 2.75) is 19.5 Å². The molecule has 1 N–H and O–H groups in total. The highest BCUT2D eigenvalue weighted by Crippen LogP contribution is 2.26. The number of carbonyl (C=O) groups excluding carboxylic acids is 1. The summed E-state index contributed by atoms with van der Waals surface area (Å²) in [5.41, 5.74) is -0.789. The van der Waals surface area contributed by atoms with Gasteiger partial charge < -0.3 is 9.47 Å². The zero-order chi connectivity index (χ0) is 26.4. The second kappa shape index (κ2) is 11.5. The van der Waals surface area contributed by atoms with E-state index in [9.17, 15) is 18.8 Å². The van der Waals surface area contributed by atoms with Crippen LogP contribution in [0, 0.1) is 5.82 Å². The van der Waals surface area contributed by atoms with Crippen molar-refractivity contribution < 1.29 is 18.7 Å². The molecule has 0 aliphatic carbocycles. The molecule has 0 bridgehead atoms. The van der Waals surface area contributed by atoms with Gasteiger partial charge in [0.1, 0.15) is 0 Å². The molecule has 37 heavy (non-hydrogen) atoms. The molecule has 0 radical (unpaired) electrons. The Balaban J connectivity index is 1.76. The Morgan fingerprint density at radius 3 is 2.57 bits per heavy atom. The molecule has 2 aromatic carbocycles. The first kappa shape index (κ1) is 25.6. The van der Waals surface area contributed by atoms with Crippen molar-refractivity contribution >= 4 is 23.3 Å². The third-order valence-corrected chi connectivity index (χ3v) is 5.46. The molecule has 12 heteroatoms. The molecule has 0 aliphatic heterocycles. The minimum absolute atomic E-state index is 0.0210. The number of aromatic nitrogens is 4. The van der Waals surface area contributed by atoms with Crippen molar-refractivity contribution in [2.75, 3.05) is 7.11 Å². The van der Waals surface area contributed by atoms with Crippen molar-refractivity contribution in [3.63, 3.8) is 0 Å². The number of rotatable bonds is 8. The Labute approximate surface area is 214 Å². The van der Waals surface area contributed by atoms with Crippen LogP contribution < -0.4 is 21.7 Å². The minimum atomic E-state index is -0.782. The number of halogens is 2.